The fourth-order valence-corrected chi connectivity index (χ4v) is 2.25. The maximum atomic E-state index is 12.2. The van der Waals surface area contributed by atoms with Gasteiger partial charge in [0, 0.05) is 26.3 Å². The Labute approximate surface area is 135 Å². The van der Waals surface area contributed by atoms with Gasteiger partial charge in [-0.3, -0.25) is 9.78 Å². The molecule has 23 heavy (non-hydrogen) atoms. The molecule has 0 unspecified atom stereocenters. The van der Waals surface area contributed by atoms with E-state index in [0.717, 1.165) is 22.3 Å². The van der Waals surface area contributed by atoms with Crippen molar-refractivity contribution in [1.29, 1.82) is 0 Å². The van der Waals surface area contributed by atoms with Crippen LogP contribution in [0.15, 0.2) is 54.7 Å². The molecule has 0 radical (unpaired) electrons. The second kappa shape index (κ2) is 6.44. The first-order chi connectivity index (χ1) is 11.1. The Morgan fingerprint density at radius 2 is 1.74 bits per heavy atom. The molecule has 5 heteroatoms. The minimum atomic E-state index is -0.222. The zero-order chi connectivity index (χ0) is 16.2. The Hall–Kier alpha value is -2.95. The van der Waals surface area contributed by atoms with Crippen LogP contribution in [0.4, 0.5) is 5.69 Å². The van der Waals surface area contributed by atoms with E-state index < -0.39 is 0 Å². The van der Waals surface area contributed by atoms with Crippen molar-refractivity contribution in [1.82, 2.24) is 15.3 Å². The normalized spacial score (nSPS) is 10.5. The van der Waals surface area contributed by atoms with Gasteiger partial charge in [0.05, 0.1) is 17.2 Å². The largest absolute Gasteiger partial charge is 0.378 e. The van der Waals surface area contributed by atoms with E-state index in [1.165, 1.54) is 6.20 Å². The van der Waals surface area contributed by atoms with E-state index in [2.05, 4.69) is 15.3 Å². The SMILES string of the molecule is CN(C)c1ccc(CNC(=O)c2cnc3ccccc3n2)cc1. The van der Waals surface area contributed by atoms with Gasteiger partial charge in [0.2, 0.25) is 0 Å². The highest BCUT2D eigenvalue weighted by atomic mass is 16.1. The molecular formula is C18H18N4O. The lowest BCUT2D eigenvalue weighted by Gasteiger charge is -2.12. The van der Waals surface area contributed by atoms with Gasteiger partial charge in [-0.1, -0.05) is 24.3 Å². The van der Waals surface area contributed by atoms with E-state index in [1.807, 2.05) is 67.5 Å². The molecule has 1 aromatic heterocycles. The Morgan fingerprint density at radius 3 is 2.43 bits per heavy atom. The molecular weight excluding hydrogens is 288 g/mol. The van der Waals surface area contributed by atoms with Crippen LogP contribution >= 0.6 is 0 Å². The molecule has 0 bridgehead atoms. The van der Waals surface area contributed by atoms with Gasteiger partial charge in [0.25, 0.3) is 5.91 Å². The first-order valence-corrected chi connectivity index (χ1v) is 7.40. The highest BCUT2D eigenvalue weighted by Crippen LogP contribution is 2.12. The van der Waals surface area contributed by atoms with Gasteiger partial charge in [-0.25, -0.2) is 4.98 Å². The summed E-state index contributed by atoms with van der Waals surface area (Å²) in [6.07, 6.45) is 1.51. The summed E-state index contributed by atoms with van der Waals surface area (Å²) < 4.78 is 0. The molecule has 0 aliphatic heterocycles. The molecule has 2 aromatic carbocycles. The number of fused-ring (bicyclic) bond motifs is 1. The van der Waals surface area contributed by atoms with Crippen LogP contribution in [0.5, 0.6) is 0 Å². The maximum Gasteiger partial charge on any atom is 0.271 e. The molecule has 0 saturated heterocycles. The number of rotatable bonds is 4. The average molecular weight is 306 g/mol. The second-order valence-electron chi connectivity index (χ2n) is 5.49. The molecule has 0 aliphatic carbocycles. The number of benzene rings is 2. The summed E-state index contributed by atoms with van der Waals surface area (Å²) in [7, 11) is 3.99. The van der Waals surface area contributed by atoms with Crippen LogP contribution < -0.4 is 10.2 Å². The van der Waals surface area contributed by atoms with Crippen molar-refractivity contribution >= 4 is 22.6 Å². The fourth-order valence-electron chi connectivity index (χ4n) is 2.25. The topological polar surface area (TPSA) is 58.1 Å². The van der Waals surface area contributed by atoms with Crippen LogP contribution in [-0.4, -0.2) is 30.0 Å². The summed E-state index contributed by atoms with van der Waals surface area (Å²) in [5.74, 6) is -0.222. The van der Waals surface area contributed by atoms with Crippen LogP contribution in [-0.2, 0) is 6.54 Å². The van der Waals surface area contributed by atoms with Gasteiger partial charge in [0.15, 0.2) is 0 Å². The Kier molecular flexibility index (Phi) is 4.19. The number of hydrogen-bond donors (Lipinski definition) is 1. The minimum absolute atomic E-state index is 0.222. The summed E-state index contributed by atoms with van der Waals surface area (Å²) in [5.41, 5.74) is 3.99. The summed E-state index contributed by atoms with van der Waals surface area (Å²) >= 11 is 0. The number of anilines is 1. The molecule has 3 rings (SSSR count). The first-order valence-electron chi connectivity index (χ1n) is 7.40. The molecule has 0 atom stereocenters. The smallest absolute Gasteiger partial charge is 0.271 e. The van der Waals surface area contributed by atoms with Crippen LogP contribution in [0.25, 0.3) is 11.0 Å². The lowest BCUT2D eigenvalue weighted by molar-refractivity contribution is 0.0946. The standard InChI is InChI=1S/C18H18N4O/c1-22(2)14-9-7-13(8-10-14)11-20-18(23)17-12-19-15-5-3-4-6-16(15)21-17/h3-10,12H,11H2,1-2H3,(H,20,23). The van der Waals surface area contributed by atoms with Crippen molar-refractivity contribution in [3.63, 3.8) is 0 Å². The highest BCUT2D eigenvalue weighted by molar-refractivity contribution is 5.93. The number of nitrogens with one attached hydrogen (secondary N) is 1. The Balaban J connectivity index is 1.68. The third kappa shape index (κ3) is 3.45. The Morgan fingerprint density at radius 1 is 1.04 bits per heavy atom. The lowest BCUT2D eigenvalue weighted by atomic mass is 10.2. The van der Waals surface area contributed by atoms with Gasteiger partial charge >= 0.3 is 0 Å². The fraction of sp³-hybridized carbons (Fsp3) is 0.167. The van der Waals surface area contributed by atoms with E-state index in [9.17, 15) is 4.79 Å². The highest BCUT2D eigenvalue weighted by Gasteiger charge is 2.08. The molecule has 3 aromatic rings. The van der Waals surface area contributed by atoms with Crippen molar-refractivity contribution in [3.05, 3.63) is 66.0 Å². The second-order valence-corrected chi connectivity index (χ2v) is 5.49. The number of carbonyl (C=O) groups is 1. The number of amides is 1. The first kappa shape index (κ1) is 15.0. The number of para-hydroxylation sites is 2. The average Bonchev–Trinajstić information content (AvgIpc) is 2.59. The van der Waals surface area contributed by atoms with Gasteiger partial charge in [-0.2, -0.15) is 0 Å². The van der Waals surface area contributed by atoms with Crippen LogP contribution in [0.3, 0.4) is 0 Å². The van der Waals surface area contributed by atoms with E-state index in [0.29, 0.717) is 12.2 Å². The van der Waals surface area contributed by atoms with Gasteiger partial charge in [0.1, 0.15) is 5.69 Å². The van der Waals surface area contributed by atoms with E-state index in [-0.39, 0.29) is 5.91 Å². The number of carbonyl (C=O) groups excluding carboxylic acids is 1. The summed E-state index contributed by atoms with van der Waals surface area (Å²) in [6, 6.07) is 15.5. The van der Waals surface area contributed by atoms with Gasteiger partial charge in [-0.15, -0.1) is 0 Å². The number of aromatic nitrogens is 2. The quantitative estimate of drug-likeness (QED) is 0.805. The molecule has 1 amide bonds. The monoisotopic (exact) mass is 306 g/mol. The third-order valence-electron chi connectivity index (χ3n) is 3.59. The third-order valence-corrected chi connectivity index (χ3v) is 3.59. The predicted molar refractivity (Wildman–Crippen MR) is 91.5 cm³/mol. The predicted octanol–water partition coefficient (Wildman–Crippen LogP) is 2.63. The number of hydrogen-bond acceptors (Lipinski definition) is 4. The summed E-state index contributed by atoms with van der Waals surface area (Å²) in [6.45, 7) is 0.459. The van der Waals surface area contributed by atoms with E-state index in [4.69, 9.17) is 0 Å². The lowest BCUT2D eigenvalue weighted by Crippen LogP contribution is -2.24. The zero-order valence-electron chi connectivity index (χ0n) is 13.2. The van der Waals surface area contributed by atoms with Crippen LogP contribution in [0, 0.1) is 0 Å². The van der Waals surface area contributed by atoms with E-state index >= 15 is 0 Å². The molecule has 1 N–H and O–H groups in total. The molecule has 0 fully saturated rings. The summed E-state index contributed by atoms with van der Waals surface area (Å²) in [4.78, 5) is 22.9. The molecule has 116 valence electrons. The molecule has 1 heterocycles. The van der Waals surface area contributed by atoms with Crippen molar-refractivity contribution in [2.75, 3.05) is 19.0 Å². The van der Waals surface area contributed by atoms with Crippen LogP contribution in [0.1, 0.15) is 16.1 Å². The minimum Gasteiger partial charge on any atom is -0.378 e. The molecule has 5 nitrogen and oxygen atoms in total. The molecule has 0 spiro atoms. The maximum absolute atomic E-state index is 12.2. The zero-order valence-corrected chi connectivity index (χ0v) is 13.2. The van der Waals surface area contributed by atoms with Crippen molar-refractivity contribution in [3.8, 4) is 0 Å². The van der Waals surface area contributed by atoms with Crippen molar-refractivity contribution in [2.24, 2.45) is 0 Å². The van der Waals surface area contributed by atoms with Gasteiger partial charge in [-0.05, 0) is 29.8 Å². The van der Waals surface area contributed by atoms with Gasteiger partial charge < -0.3 is 10.2 Å². The van der Waals surface area contributed by atoms with Crippen molar-refractivity contribution in [2.45, 2.75) is 6.54 Å². The number of nitrogens with zero attached hydrogens (tertiary/aromatic N) is 3. The molecule has 0 saturated carbocycles. The molecule has 0 aliphatic rings. The summed E-state index contributed by atoms with van der Waals surface area (Å²) in [5, 5.41) is 2.87. The Bertz CT molecular complexity index is 828. The van der Waals surface area contributed by atoms with E-state index in [1.54, 1.807) is 0 Å². The van der Waals surface area contributed by atoms with Crippen molar-refractivity contribution < 1.29 is 4.79 Å². The van der Waals surface area contributed by atoms with Crippen LogP contribution in [0.2, 0.25) is 0 Å².